The van der Waals surface area contributed by atoms with Crippen molar-refractivity contribution in [1.29, 1.82) is 0 Å². The van der Waals surface area contributed by atoms with Crippen LogP contribution >= 0.6 is 11.6 Å². The van der Waals surface area contributed by atoms with Gasteiger partial charge in [-0.05, 0) is 50.5 Å². The van der Waals surface area contributed by atoms with Crippen molar-refractivity contribution in [1.82, 2.24) is 5.32 Å². The number of hydrogen-bond acceptors (Lipinski definition) is 3. The standard InChI is InChI=1S/C18H20ClNO3/c1-18(10-4-5-11-22-18)17(21)20-12-13-8-9-16(23-13)14-6-2-3-7-15(14)19/h2-3,6-9H,4-5,10-12H2,1H3,(H,20,21). The summed E-state index contributed by atoms with van der Waals surface area (Å²) >= 11 is 6.17. The summed E-state index contributed by atoms with van der Waals surface area (Å²) in [5.74, 6) is 1.29. The molecule has 1 amide bonds. The van der Waals surface area contributed by atoms with Crippen LogP contribution in [0.15, 0.2) is 40.8 Å². The molecule has 1 atom stereocenters. The molecule has 2 aromatic rings. The first-order valence-electron chi connectivity index (χ1n) is 7.84. The number of carbonyl (C=O) groups excluding carboxylic acids is 1. The van der Waals surface area contributed by atoms with Crippen molar-refractivity contribution in [3.05, 3.63) is 47.2 Å². The van der Waals surface area contributed by atoms with E-state index in [1.54, 1.807) is 0 Å². The third kappa shape index (κ3) is 3.59. The van der Waals surface area contributed by atoms with Crippen molar-refractivity contribution >= 4 is 17.5 Å². The first-order valence-corrected chi connectivity index (χ1v) is 8.22. The van der Waals surface area contributed by atoms with Gasteiger partial charge >= 0.3 is 0 Å². The number of furan rings is 1. The second kappa shape index (κ2) is 6.77. The molecule has 1 aromatic heterocycles. The summed E-state index contributed by atoms with van der Waals surface area (Å²) in [6.07, 6.45) is 2.78. The summed E-state index contributed by atoms with van der Waals surface area (Å²) in [5, 5.41) is 3.54. The SMILES string of the molecule is CC1(C(=O)NCc2ccc(-c3ccccc3Cl)o2)CCCCO1. The Balaban J connectivity index is 1.63. The molecular formula is C18H20ClNO3. The summed E-state index contributed by atoms with van der Waals surface area (Å²) in [6.45, 7) is 2.82. The Hall–Kier alpha value is -1.78. The van der Waals surface area contributed by atoms with Crippen molar-refractivity contribution in [3.8, 4) is 11.3 Å². The lowest BCUT2D eigenvalue weighted by Gasteiger charge is -2.32. The van der Waals surface area contributed by atoms with E-state index in [2.05, 4.69) is 5.32 Å². The number of halogens is 1. The Morgan fingerprint density at radius 2 is 2.09 bits per heavy atom. The number of benzene rings is 1. The summed E-state index contributed by atoms with van der Waals surface area (Å²) in [7, 11) is 0. The minimum atomic E-state index is -0.726. The maximum Gasteiger partial charge on any atom is 0.252 e. The number of rotatable bonds is 4. The summed E-state index contributed by atoms with van der Waals surface area (Å²) < 4.78 is 11.4. The lowest BCUT2D eigenvalue weighted by atomic mass is 9.95. The van der Waals surface area contributed by atoms with Crippen LogP contribution in [0.1, 0.15) is 31.9 Å². The van der Waals surface area contributed by atoms with E-state index in [1.165, 1.54) is 0 Å². The van der Waals surface area contributed by atoms with Crippen LogP contribution in [-0.4, -0.2) is 18.1 Å². The number of amides is 1. The number of nitrogens with one attached hydrogen (secondary N) is 1. The maximum absolute atomic E-state index is 12.3. The van der Waals surface area contributed by atoms with Gasteiger partial charge in [-0.2, -0.15) is 0 Å². The number of ether oxygens (including phenoxy) is 1. The molecule has 1 saturated heterocycles. The average molecular weight is 334 g/mol. The molecule has 1 aliphatic heterocycles. The first-order chi connectivity index (χ1) is 11.1. The van der Waals surface area contributed by atoms with Crippen LogP contribution in [0, 0.1) is 0 Å². The van der Waals surface area contributed by atoms with Crippen LogP contribution in [-0.2, 0) is 16.1 Å². The molecule has 1 fully saturated rings. The number of carbonyl (C=O) groups is 1. The molecule has 0 bridgehead atoms. The Morgan fingerprint density at radius 3 is 2.83 bits per heavy atom. The van der Waals surface area contributed by atoms with E-state index in [1.807, 2.05) is 43.3 Å². The second-order valence-corrected chi connectivity index (χ2v) is 6.37. The minimum absolute atomic E-state index is 0.0899. The number of hydrogen-bond donors (Lipinski definition) is 1. The van der Waals surface area contributed by atoms with Crippen LogP contribution < -0.4 is 5.32 Å². The van der Waals surface area contributed by atoms with Gasteiger partial charge in [-0.3, -0.25) is 4.79 Å². The minimum Gasteiger partial charge on any atom is -0.459 e. The molecular weight excluding hydrogens is 314 g/mol. The zero-order chi connectivity index (χ0) is 16.3. The van der Waals surface area contributed by atoms with Crippen molar-refractivity contribution in [2.75, 3.05) is 6.61 Å². The van der Waals surface area contributed by atoms with E-state index in [4.69, 9.17) is 20.8 Å². The van der Waals surface area contributed by atoms with Gasteiger partial charge in [0, 0.05) is 12.2 Å². The Labute approximate surface area is 140 Å². The van der Waals surface area contributed by atoms with Gasteiger partial charge < -0.3 is 14.5 Å². The molecule has 5 heteroatoms. The average Bonchev–Trinajstić information content (AvgIpc) is 3.02. The van der Waals surface area contributed by atoms with Crippen molar-refractivity contribution in [2.45, 2.75) is 38.3 Å². The van der Waals surface area contributed by atoms with Crippen LogP contribution in [0.3, 0.4) is 0 Å². The van der Waals surface area contributed by atoms with Crippen molar-refractivity contribution in [2.24, 2.45) is 0 Å². The lowest BCUT2D eigenvalue weighted by molar-refractivity contribution is -0.150. The van der Waals surface area contributed by atoms with E-state index >= 15 is 0 Å². The molecule has 1 N–H and O–H groups in total. The van der Waals surface area contributed by atoms with Gasteiger partial charge in [0.15, 0.2) is 0 Å². The topological polar surface area (TPSA) is 51.5 Å². The van der Waals surface area contributed by atoms with Crippen molar-refractivity contribution in [3.63, 3.8) is 0 Å². The molecule has 4 nitrogen and oxygen atoms in total. The molecule has 1 unspecified atom stereocenters. The molecule has 2 heterocycles. The van der Waals surface area contributed by atoms with E-state index in [9.17, 15) is 4.79 Å². The van der Waals surface area contributed by atoms with Crippen LogP contribution in [0.25, 0.3) is 11.3 Å². The molecule has 1 aromatic carbocycles. The van der Waals surface area contributed by atoms with Gasteiger partial charge in [-0.25, -0.2) is 0 Å². The fourth-order valence-electron chi connectivity index (χ4n) is 2.75. The summed E-state index contributed by atoms with van der Waals surface area (Å²) in [5.41, 5.74) is 0.116. The normalized spacial score (nSPS) is 21.1. The molecule has 0 spiro atoms. The van der Waals surface area contributed by atoms with Crippen LogP contribution in [0.4, 0.5) is 0 Å². The van der Waals surface area contributed by atoms with Gasteiger partial charge in [-0.1, -0.05) is 23.7 Å². The Kier molecular flexibility index (Phi) is 4.74. The largest absolute Gasteiger partial charge is 0.459 e. The van der Waals surface area contributed by atoms with E-state index in [0.29, 0.717) is 29.7 Å². The van der Waals surface area contributed by atoms with Crippen molar-refractivity contribution < 1.29 is 13.9 Å². The first kappa shape index (κ1) is 16.1. The quantitative estimate of drug-likeness (QED) is 0.913. The van der Waals surface area contributed by atoms with Gasteiger partial charge in [0.05, 0.1) is 11.6 Å². The molecule has 122 valence electrons. The van der Waals surface area contributed by atoms with Crippen LogP contribution in [0.2, 0.25) is 5.02 Å². The fourth-order valence-corrected chi connectivity index (χ4v) is 2.98. The highest BCUT2D eigenvalue weighted by Gasteiger charge is 2.35. The third-order valence-corrected chi connectivity index (χ3v) is 4.50. The molecule has 0 aliphatic carbocycles. The van der Waals surface area contributed by atoms with Gasteiger partial charge in [0.25, 0.3) is 5.91 Å². The lowest BCUT2D eigenvalue weighted by Crippen LogP contribution is -2.48. The monoisotopic (exact) mass is 333 g/mol. The van der Waals surface area contributed by atoms with Gasteiger partial charge in [0.2, 0.25) is 0 Å². The smallest absolute Gasteiger partial charge is 0.252 e. The van der Waals surface area contributed by atoms with E-state index in [0.717, 1.165) is 24.8 Å². The Bertz CT molecular complexity index is 689. The summed E-state index contributed by atoms with van der Waals surface area (Å²) in [6, 6.07) is 11.2. The molecule has 0 radical (unpaired) electrons. The van der Waals surface area contributed by atoms with E-state index in [-0.39, 0.29) is 5.91 Å². The fraction of sp³-hybridized carbons (Fsp3) is 0.389. The highest BCUT2D eigenvalue weighted by atomic mass is 35.5. The predicted molar refractivity (Wildman–Crippen MR) is 89.2 cm³/mol. The molecule has 1 aliphatic rings. The highest BCUT2D eigenvalue weighted by Crippen LogP contribution is 2.29. The molecule has 0 saturated carbocycles. The predicted octanol–water partition coefficient (Wildman–Crippen LogP) is 4.18. The zero-order valence-electron chi connectivity index (χ0n) is 13.1. The zero-order valence-corrected chi connectivity index (χ0v) is 13.9. The molecule has 23 heavy (non-hydrogen) atoms. The van der Waals surface area contributed by atoms with Gasteiger partial charge in [0.1, 0.15) is 17.1 Å². The second-order valence-electron chi connectivity index (χ2n) is 5.96. The Morgan fingerprint density at radius 1 is 1.26 bits per heavy atom. The van der Waals surface area contributed by atoms with Crippen LogP contribution in [0.5, 0.6) is 0 Å². The molecule has 3 rings (SSSR count). The maximum atomic E-state index is 12.3. The summed E-state index contributed by atoms with van der Waals surface area (Å²) in [4.78, 5) is 12.3. The third-order valence-electron chi connectivity index (χ3n) is 4.17. The highest BCUT2D eigenvalue weighted by molar-refractivity contribution is 6.33. The van der Waals surface area contributed by atoms with Gasteiger partial charge in [-0.15, -0.1) is 0 Å². The van der Waals surface area contributed by atoms with E-state index < -0.39 is 5.60 Å².